The molecule has 1 aromatic rings. The first kappa shape index (κ1) is 22.6. The first-order chi connectivity index (χ1) is 10.6. The maximum absolute atomic E-state index is 13.2. The molecule has 2 amide bonds. The molecule has 0 saturated carbocycles. The van der Waals surface area contributed by atoms with E-state index >= 15 is 0 Å². The number of nitrogens with two attached hydrogens (primary N) is 1. The lowest BCUT2D eigenvalue weighted by atomic mass is 10.0. The van der Waals surface area contributed by atoms with Crippen LogP contribution in [0.4, 0.5) is 4.39 Å². The van der Waals surface area contributed by atoms with E-state index in [1.54, 1.807) is 4.90 Å². The Bertz CT molecular complexity index is 548. The summed E-state index contributed by atoms with van der Waals surface area (Å²) < 4.78 is 13.2. The second-order valence-electron chi connectivity index (χ2n) is 5.38. The van der Waals surface area contributed by atoms with Gasteiger partial charge in [-0.2, -0.15) is 0 Å². The van der Waals surface area contributed by atoms with E-state index in [9.17, 15) is 14.0 Å². The third kappa shape index (κ3) is 6.22. The summed E-state index contributed by atoms with van der Waals surface area (Å²) in [4.78, 5) is 29.5. The fraction of sp³-hybridized carbons (Fsp3) is 0.533. The number of halogens is 3. The number of carbonyl (C=O) groups excluding carboxylic acids is 2. The van der Waals surface area contributed by atoms with Crippen LogP contribution in [0.2, 0.25) is 0 Å². The molecular formula is C15H23Cl2FN4O2. The van der Waals surface area contributed by atoms with E-state index in [0.29, 0.717) is 19.6 Å². The Hall–Kier alpha value is -1.44. The number of piperidine rings is 1. The number of nitrogens with one attached hydrogen (secondary N) is 1. The molecule has 1 aliphatic heterocycles. The predicted octanol–water partition coefficient (Wildman–Crippen LogP) is 1.52. The Balaban J connectivity index is 0.00000264. The standard InChI is InChI=1S/C15H21FN4O2.2ClH/c16-12-7-11(8-18-9-12)15(22)20-6-2-1-3-13(20)10-19-14(21)4-5-17;;/h7-9,13H,1-6,10,17H2,(H,19,21);2*1H. The van der Waals surface area contributed by atoms with Gasteiger partial charge in [-0.1, -0.05) is 0 Å². The second-order valence-corrected chi connectivity index (χ2v) is 5.38. The van der Waals surface area contributed by atoms with Gasteiger partial charge in [0.1, 0.15) is 5.82 Å². The summed E-state index contributed by atoms with van der Waals surface area (Å²) >= 11 is 0. The summed E-state index contributed by atoms with van der Waals surface area (Å²) in [6.45, 7) is 1.30. The molecule has 1 aliphatic rings. The van der Waals surface area contributed by atoms with Gasteiger partial charge in [-0.3, -0.25) is 14.6 Å². The molecule has 0 aliphatic carbocycles. The summed E-state index contributed by atoms with van der Waals surface area (Å²) in [5, 5.41) is 2.80. The number of likely N-dealkylation sites (tertiary alicyclic amines) is 1. The molecule has 1 fully saturated rings. The summed E-state index contributed by atoms with van der Waals surface area (Å²) in [6, 6.07) is 1.11. The van der Waals surface area contributed by atoms with Crippen molar-refractivity contribution < 1.29 is 14.0 Å². The predicted molar refractivity (Wildman–Crippen MR) is 94.0 cm³/mol. The average Bonchev–Trinajstić information content (AvgIpc) is 2.53. The van der Waals surface area contributed by atoms with Gasteiger partial charge in [-0.15, -0.1) is 24.8 Å². The van der Waals surface area contributed by atoms with Gasteiger partial charge in [-0.05, 0) is 25.3 Å². The second kappa shape index (κ2) is 11.2. The topological polar surface area (TPSA) is 88.3 Å². The zero-order chi connectivity index (χ0) is 15.9. The smallest absolute Gasteiger partial charge is 0.255 e. The first-order valence-corrected chi connectivity index (χ1v) is 7.50. The van der Waals surface area contributed by atoms with Gasteiger partial charge in [0, 0.05) is 38.3 Å². The van der Waals surface area contributed by atoms with Gasteiger partial charge in [0.25, 0.3) is 5.91 Å². The van der Waals surface area contributed by atoms with Crippen molar-refractivity contribution in [3.8, 4) is 0 Å². The van der Waals surface area contributed by atoms with Crippen molar-refractivity contribution in [2.45, 2.75) is 31.7 Å². The number of carbonyl (C=O) groups is 2. The largest absolute Gasteiger partial charge is 0.354 e. The van der Waals surface area contributed by atoms with E-state index in [1.807, 2.05) is 0 Å². The minimum atomic E-state index is -0.532. The Morgan fingerprint density at radius 3 is 2.75 bits per heavy atom. The summed E-state index contributed by atoms with van der Waals surface area (Å²) in [5.41, 5.74) is 5.57. The van der Waals surface area contributed by atoms with Crippen molar-refractivity contribution in [1.29, 1.82) is 0 Å². The number of hydrogen-bond acceptors (Lipinski definition) is 4. The van der Waals surface area contributed by atoms with E-state index in [0.717, 1.165) is 25.5 Å². The Labute approximate surface area is 153 Å². The van der Waals surface area contributed by atoms with Gasteiger partial charge in [0.15, 0.2) is 0 Å². The van der Waals surface area contributed by atoms with Crippen molar-refractivity contribution in [2.24, 2.45) is 5.73 Å². The van der Waals surface area contributed by atoms with Crippen LogP contribution in [0.25, 0.3) is 0 Å². The molecule has 0 radical (unpaired) electrons. The minimum Gasteiger partial charge on any atom is -0.354 e. The Morgan fingerprint density at radius 1 is 1.33 bits per heavy atom. The summed E-state index contributed by atoms with van der Waals surface area (Å²) in [6.07, 6.45) is 5.43. The fourth-order valence-corrected chi connectivity index (χ4v) is 2.63. The van der Waals surface area contributed by atoms with Gasteiger partial charge < -0.3 is 16.0 Å². The van der Waals surface area contributed by atoms with Crippen LogP contribution in [0.1, 0.15) is 36.0 Å². The van der Waals surface area contributed by atoms with Crippen molar-refractivity contribution in [3.05, 3.63) is 29.8 Å². The maximum Gasteiger partial charge on any atom is 0.255 e. The quantitative estimate of drug-likeness (QED) is 0.810. The highest BCUT2D eigenvalue weighted by Gasteiger charge is 2.28. The number of amides is 2. The Kier molecular flexibility index (Phi) is 10.5. The SMILES string of the molecule is Cl.Cl.NCCC(=O)NCC1CCCCN1C(=O)c1cncc(F)c1. The van der Waals surface area contributed by atoms with E-state index in [1.165, 1.54) is 12.3 Å². The molecule has 0 aromatic carbocycles. The van der Waals surface area contributed by atoms with Crippen molar-refractivity contribution >= 4 is 36.6 Å². The van der Waals surface area contributed by atoms with Crippen LogP contribution < -0.4 is 11.1 Å². The van der Waals surface area contributed by atoms with Crippen LogP contribution in [0, 0.1) is 5.82 Å². The molecule has 1 atom stereocenters. The molecule has 9 heteroatoms. The number of rotatable bonds is 5. The first-order valence-electron chi connectivity index (χ1n) is 7.50. The van der Waals surface area contributed by atoms with Gasteiger partial charge in [-0.25, -0.2) is 4.39 Å². The number of pyridine rings is 1. The van der Waals surface area contributed by atoms with Crippen molar-refractivity contribution in [3.63, 3.8) is 0 Å². The lowest BCUT2D eigenvalue weighted by molar-refractivity contribution is -0.121. The van der Waals surface area contributed by atoms with Gasteiger partial charge >= 0.3 is 0 Å². The van der Waals surface area contributed by atoms with E-state index < -0.39 is 5.82 Å². The molecule has 2 rings (SSSR count). The monoisotopic (exact) mass is 380 g/mol. The van der Waals surface area contributed by atoms with Crippen LogP contribution in [0.3, 0.4) is 0 Å². The molecular weight excluding hydrogens is 358 g/mol. The van der Waals surface area contributed by atoms with Crippen LogP contribution in [0.5, 0.6) is 0 Å². The molecule has 1 unspecified atom stereocenters. The third-order valence-electron chi connectivity index (χ3n) is 3.75. The van der Waals surface area contributed by atoms with Crippen molar-refractivity contribution in [1.82, 2.24) is 15.2 Å². The lowest BCUT2D eigenvalue weighted by Crippen LogP contribution is -2.49. The normalized spacial score (nSPS) is 16.6. The minimum absolute atomic E-state index is 0. The fourth-order valence-electron chi connectivity index (χ4n) is 2.63. The van der Waals surface area contributed by atoms with Crippen LogP contribution in [-0.4, -0.2) is 47.4 Å². The molecule has 24 heavy (non-hydrogen) atoms. The molecule has 1 saturated heterocycles. The highest BCUT2D eigenvalue weighted by atomic mass is 35.5. The molecule has 0 spiro atoms. The zero-order valence-electron chi connectivity index (χ0n) is 13.2. The summed E-state index contributed by atoms with van der Waals surface area (Å²) in [7, 11) is 0. The molecule has 1 aromatic heterocycles. The maximum atomic E-state index is 13.2. The molecule has 2 heterocycles. The third-order valence-corrected chi connectivity index (χ3v) is 3.75. The molecule has 3 N–H and O–H groups in total. The summed E-state index contributed by atoms with van der Waals surface area (Å²) in [5.74, 6) is -0.895. The molecule has 0 bridgehead atoms. The Morgan fingerprint density at radius 2 is 2.08 bits per heavy atom. The van der Waals surface area contributed by atoms with E-state index in [-0.39, 0.29) is 54.7 Å². The van der Waals surface area contributed by atoms with Crippen molar-refractivity contribution in [2.75, 3.05) is 19.6 Å². The zero-order valence-corrected chi connectivity index (χ0v) is 14.9. The van der Waals surface area contributed by atoms with Crippen LogP contribution >= 0.6 is 24.8 Å². The highest BCUT2D eigenvalue weighted by molar-refractivity contribution is 5.94. The van der Waals surface area contributed by atoms with Gasteiger partial charge in [0.05, 0.1) is 11.8 Å². The number of aromatic nitrogens is 1. The lowest BCUT2D eigenvalue weighted by Gasteiger charge is -2.36. The number of hydrogen-bond donors (Lipinski definition) is 2. The van der Waals surface area contributed by atoms with E-state index in [2.05, 4.69) is 10.3 Å². The highest BCUT2D eigenvalue weighted by Crippen LogP contribution is 2.19. The average molecular weight is 381 g/mol. The number of nitrogens with zero attached hydrogens (tertiary/aromatic N) is 2. The van der Waals surface area contributed by atoms with Crippen LogP contribution in [0.15, 0.2) is 18.5 Å². The molecule has 136 valence electrons. The van der Waals surface area contributed by atoms with Gasteiger partial charge in [0.2, 0.25) is 5.91 Å². The van der Waals surface area contributed by atoms with Crippen LogP contribution in [-0.2, 0) is 4.79 Å². The van der Waals surface area contributed by atoms with E-state index in [4.69, 9.17) is 5.73 Å². The molecule has 6 nitrogen and oxygen atoms in total.